The molecule has 0 aromatic heterocycles. The van der Waals surface area contributed by atoms with Crippen LogP contribution in [0.4, 0.5) is 0 Å². The van der Waals surface area contributed by atoms with E-state index in [4.69, 9.17) is 14.2 Å². The van der Waals surface area contributed by atoms with E-state index in [2.05, 4.69) is 4.72 Å². The zero-order valence-corrected chi connectivity index (χ0v) is 13.0. The fourth-order valence-corrected chi connectivity index (χ4v) is 4.01. The van der Waals surface area contributed by atoms with E-state index < -0.39 is 10.2 Å². The topological polar surface area (TPSA) is 77.1 Å². The molecule has 3 fully saturated rings. The molecule has 2 saturated heterocycles. The van der Waals surface area contributed by atoms with Gasteiger partial charge in [-0.15, -0.1) is 0 Å². The predicted octanol–water partition coefficient (Wildman–Crippen LogP) is -0.263. The summed E-state index contributed by atoms with van der Waals surface area (Å²) < 4.78 is 45.5. The van der Waals surface area contributed by atoms with Crippen LogP contribution in [0.3, 0.4) is 0 Å². The van der Waals surface area contributed by atoms with Gasteiger partial charge in [-0.1, -0.05) is 0 Å². The van der Waals surface area contributed by atoms with Crippen molar-refractivity contribution in [3.05, 3.63) is 0 Å². The fourth-order valence-electron chi connectivity index (χ4n) is 2.62. The lowest BCUT2D eigenvalue weighted by atomic mass is 10.1. The molecule has 0 unspecified atom stereocenters. The number of morpholine rings is 1. The molecule has 1 N–H and O–H groups in total. The van der Waals surface area contributed by atoms with Gasteiger partial charge >= 0.3 is 0 Å². The number of hydrogen-bond acceptors (Lipinski definition) is 5. The van der Waals surface area contributed by atoms with Gasteiger partial charge in [-0.05, 0) is 25.2 Å². The van der Waals surface area contributed by atoms with Crippen molar-refractivity contribution in [1.82, 2.24) is 9.03 Å². The Morgan fingerprint density at radius 3 is 2.57 bits per heavy atom. The number of hydrogen-bond donors (Lipinski definition) is 1. The van der Waals surface area contributed by atoms with Crippen LogP contribution in [0, 0.1) is 5.92 Å². The summed E-state index contributed by atoms with van der Waals surface area (Å²) in [6.07, 6.45) is 3.11. The first-order chi connectivity index (χ1) is 10.1. The van der Waals surface area contributed by atoms with E-state index in [-0.39, 0.29) is 12.1 Å². The van der Waals surface area contributed by atoms with Crippen LogP contribution in [0.1, 0.15) is 19.3 Å². The van der Waals surface area contributed by atoms with E-state index >= 15 is 0 Å². The van der Waals surface area contributed by atoms with Gasteiger partial charge in [0.2, 0.25) is 0 Å². The summed E-state index contributed by atoms with van der Waals surface area (Å²) in [5.74, 6) is 0.671. The Balaban J connectivity index is 1.56. The molecule has 3 aliphatic rings. The largest absolute Gasteiger partial charge is 0.380 e. The van der Waals surface area contributed by atoms with Crippen molar-refractivity contribution >= 4 is 10.2 Å². The average molecular weight is 320 g/mol. The van der Waals surface area contributed by atoms with E-state index in [1.165, 1.54) is 17.1 Å². The summed E-state index contributed by atoms with van der Waals surface area (Å²) >= 11 is 0. The third kappa shape index (κ3) is 4.37. The number of rotatable bonds is 6. The SMILES string of the molecule is O=S(=O)(N[C@@H]1COCC[C@@H]1OCC1CC1)N1CCOCC1. The van der Waals surface area contributed by atoms with Crippen LogP contribution >= 0.6 is 0 Å². The van der Waals surface area contributed by atoms with Crippen LogP contribution in [0.5, 0.6) is 0 Å². The number of nitrogens with zero attached hydrogens (tertiary/aromatic N) is 1. The second-order valence-corrected chi connectivity index (χ2v) is 7.62. The molecule has 2 heterocycles. The van der Waals surface area contributed by atoms with Gasteiger partial charge in [0.15, 0.2) is 0 Å². The Morgan fingerprint density at radius 1 is 1.10 bits per heavy atom. The van der Waals surface area contributed by atoms with Crippen molar-refractivity contribution in [2.75, 3.05) is 46.1 Å². The molecule has 2 aliphatic heterocycles. The third-order valence-corrected chi connectivity index (χ3v) is 5.79. The zero-order chi connectivity index (χ0) is 14.7. The minimum absolute atomic E-state index is 0.0878. The van der Waals surface area contributed by atoms with Gasteiger partial charge in [-0.25, -0.2) is 0 Å². The van der Waals surface area contributed by atoms with Crippen LogP contribution in [0.2, 0.25) is 0 Å². The number of nitrogens with one attached hydrogen (secondary N) is 1. The lowest BCUT2D eigenvalue weighted by Gasteiger charge is -2.34. The summed E-state index contributed by atoms with van der Waals surface area (Å²) in [7, 11) is -3.50. The summed E-state index contributed by atoms with van der Waals surface area (Å²) in [6.45, 7) is 3.44. The van der Waals surface area contributed by atoms with E-state index in [0.29, 0.717) is 45.4 Å². The van der Waals surface area contributed by atoms with E-state index in [0.717, 1.165) is 13.0 Å². The maximum absolute atomic E-state index is 12.4. The molecule has 1 aliphatic carbocycles. The highest BCUT2D eigenvalue weighted by Gasteiger charge is 2.34. The summed E-state index contributed by atoms with van der Waals surface area (Å²) in [4.78, 5) is 0. The standard InChI is InChI=1S/C13H24N2O5S/c16-21(17,15-4-7-18-8-5-15)14-12-10-19-6-3-13(12)20-9-11-1-2-11/h11-14H,1-10H2/t12-,13+/m1/s1. The molecule has 1 saturated carbocycles. The maximum Gasteiger partial charge on any atom is 0.280 e. The van der Waals surface area contributed by atoms with Crippen LogP contribution < -0.4 is 4.72 Å². The van der Waals surface area contributed by atoms with Gasteiger partial charge in [0, 0.05) is 26.3 Å². The highest BCUT2D eigenvalue weighted by molar-refractivity contribution is 7.87. The third-order valence-electron chi connectivity index (χ3n) is 4.15. The zero-order valence-electron chi connectivity index (χ0n) is 12.2. The predicted molar refractivity (Wildman–Crippen MR) is 76.1 cm³/mol. The van der Waals surface area contributed by atoms with E-state index in [1.807, 2.05) is 0 Å². The molecule has 0 aromatic rings. The molecule has 122 valence electrons. The van der Waals surface area contributed by atoms with Gasteiger partial charge in [-0.3, -0.25) is 0 Å². The molecule has 0 spiro atoms. The Morgan fingerprint density at radius 2 is 1.86 bits per heavy atom. The van der Waals surface area contributed by atoms with E-state index in [9.17, 15) is 8.42 Å². The maximum atomic E-state index is 12.4. The Kier molecular flexibility index (Phi) is 5.13. The van der Waals surface area contributed by atoms with Gasteiger partial charge in [0.05, 0.1) is 32.0 Å². The molecule has 0 amide bonds. The molecule has 0 radical (unpaired) electrons. The molecular formula is C13H24N2O5S. The Labute approximate surface area is 126 Å². The second kappa shape index (κ2) is 6.89. The monoisotopic (exact) mass is 320 g/mol. The minimum atomic E-state index is -3.50. The summed E-state index contributed by atoms with van der Waals surface area (Å²) in [5.41, 5.74) is 0. The molecule has 8 heteroatoms. The van der Waals surface area contributed by atoms with Gasteiger partial charge in [0.25, 0.3) is 10.2 Å². The van der Waals surface area contributed by atoms with Crippen LogP contribution in [-0.4, -0.2) is 71.0 Å². The molecule has 0 bridgehead atoms. The fraction of sp³-hybridized carbons (Fsp3) is 1.00. The molecule has 3 rings (SSSR count). The van der Waals surface area contributed by atoms with Crippen molar-refractivity contribution in [1.29, 1.82) is 0 Å². The van der Waals surface area contributed by atoms with Crippen molar-refractivity contribution in [3.63, 3.8) is 0 Å². The van der Waals surface area contributed by atoms with Crippen molar-refractivity contribution in [2.24, 2.45) is 5.92 Å². The van der Waals surface area contributed by atoms with Crippen LogP contribution in [0.15, 0.2) is 0 Å². The van der Waals surface area contributed by atoms with Crippen molar-refractivity contribution in [3.8, 4) is 0 Å². The lowest BCUT2D eigenvalue weighted by Crippen LogP contribution is -2.56. The summed E-state index contributed by atoms with van der Waals surface area (Å²) in [6, 6.07) is -0.301. The summed E-state index contributed by atoms with van der Waals surface area (Å²) in [5, 5.41) is 0. The highest BCUT2D eigenvalue weighted by atomic mass is 32.2. The minimum Gasteiger partial charge on any atom is -0.380 e. The Bertz CT molecular complexity index is 434. The second-order valence-electron chi connectivity index (χ2n) is 5.92. The van der Waals surface area contributed by atoms with Crippen molar-refractivity contribution < 1.29 is 22.6 Å². The average Bonchev–Trinajstić information content (AvgIpc) is 3.31. The molecular weight excluding hydrogens is 296 g/mol. The lowest BCUT2D eigenvalue weighted by molar-refractivity contribution is -0.0538. The van der Waals surface area contributed by atoms with Gasteiger partial charge in [0.1, 0.15) is 0 Å². The van der Waals surface area contributed by atoms with Crippen LogP contribution in [0.25, 0.3) is 0 Å². The molecule has 0 aromatic carbocycles. The van der Waals surface area contributed by atoms with E-state index in [1.54, 1.807) is 0 Å². The van der Waals surface area contributed by atoms with Crippen LogP contribution in [-0.2, 0) is 24.4 Å². The first kappa shape index (κ1) is 15.6. The quantitative estimate of drug-likeness (QED) is 0.729. The van der Waals surface area contributed by atoms with Gasteiger partial charge in [-0.2, -0.15) is 17.4 Å². The highest BCUT2D eigenvalue weighted by Crippen LogP contribution is 2.30. The van der Waals surface area contributed by atoms with Crippen molar-refractivity contribution in [2.45, 2.75) is 31.4 Å². The molecule has 7 nitrogen and oxygen atoms in total. The Hall–Kier alpha value is -0.250. The molecule has 21 heavy (non-hydrogen) atoms. The van der Waals surface area contributed by atoms with Gasteiger partial charge < -0.3 is 14.2 Å². The smallest absolute Gasteiger partial charge is 0.280 e. The molecule has 2 atom stereocenters. The number of ether oxygens (including phenoxy) is 3. The first-order valence-corrected chi connectivity index (χ1v) is 9.13. The normalized spacial score (nSPS) is 32.2. The first-order valence-electron chi connectivity index (χ1n) is 7.69.